The fourth-order valence-electron chi connectivity index (χ4n) is 2.01. The van der Waals surface area contributed by atoms with Gasteiger partial charge in [-0.2, -0.15) is 0 Å². The van der Waals surface area contributed by atoms with E-state index in [9.17, 15) is 9.59 Å². The Bertz CT molecular complexity index is 288. The number of carbonyl (C=O) groups excluding carboxylic acids is 1. The molecule has 0 aromatic carbocycles. The SMILES string of the molecule is CCOC(=O)C(C)(C)C1CCN(C(=O)O)C1. The van der Waals surface area contributed by atoms with E-state index in [1.54, 1.807) is 6.92 Å². The largest absolute Gasteiger partial charge is 0.466 e. The van der Waals surface area contributed by atoms with E-state index >= 15 is 0 Å². The van der Waals surface area contributed by atoms with Gasteiger partial charge in [0.15, 0.2) is 0 Å². The molecule has 1 aliphatic heterocycles. The van der Waals surface area contributed by atoms with Crippen LogP contribution in [-0.2, 0) is 9.53 Å². The normalized spacial score (nSPS) is 20.9. The number of hydrogen-bond acceptors (Lipinski definition) is 3. The Morgan fingerprint density at radius 1 is 1.50 bits per heavy atom. The molecule has 0 aliphatic carbocycles. The first-order chi connectivity index (χ1) is 7.39. The molecule has 0 bridgehead atoms. The molecule has 1 N–H and O–H groups in total. The number of hydrogen-bond donors (Lipinski definition) is 1. The minimum absolute atomic E-state index is 0.0441. The van der Waals surface area contributed by atoms with E-state index < -0.39 is 11.5 Å². The lowest BCUT2D eigenvalue weighted by Crippen LogP contribution is -2.37. The topological polar surface area (TPSA) is 66.8 Å². The average molecular weight is 229 g/mol. The van der Waals surface area contributed by atoms with E-state index in [0.29, 0.717) is 19.7 Å². The van der Waals surface area contributed by atoms with Gasteiger partial charge in [0.2, 0.25) is 0 Å². The van der Waals surface area contributed by atoms with Crippen LogP contribution in [0.4, 0.5) is 4.79 Å². The molecule has 5 nitrogen and oxygen atoms in total. The minimum atomic E-state index is -0.915. The van der Waals surface area contributed by atoms with Crippen LogP contribution in [0.15, 0.2) is 0 Å². The van der Waals surface area contributed by atoms with Gasteiger partial charge in [-0.1, -0.05) is 0 Å². The van der Waals surface area contributed by atoms with Gasteiger partial charge in [0, 0.05) is 13.1 Å². The first-order valence-corrected chi connectivity index (χ1v) is 5.54. The summed E-state index contributed by atoms with van der Waals surface area (Å²) in [5.74, 6) is -0.199. The summed E-state index contributed by atoms with van der Waals surface area (Å²) in [5.41, 5.74) is -0.611. The summed E-state index contributed by atoms with van der Waals surface area (Å²) >= 11 is 0. The van der Waals surface area contributed by atoms with Crippen molar-refractivity contribution >= 4 is 12.1 Å². The maximum atomic E-state index is 11.7. The third-order valence-corrected chi connectivity index (χ3v) is 3.28. The van der Waals surface area contributed by atoms with Crippen LogP contribution in [0.5, 0.6) is 0 Å². The highest BCUT2D eigenvalue weighted by molar-refractivity contribution is 5.76. The molecular weight excluding hydrogens is 210 g/mol. The van der Waals surface area contributed by atoms with Crippen LogP contribution >= 0.6 is 0 Å². The first kappa shape index (κ1) is 12.8. The summed E-state index contributed by atoms with van der Waals surface area (Å²) < 4.78 is 5.01. The lowest BCUT2D eigenvalue weighted by atomic mass is 9.78. The Kier molecular flexibility index (Phi) is 3.78. The smallest absolute Gasteiger partial charge is 0.407 e. The summed E-state index contributed by atoms with van der Waals surface area (Å²) in [5, 5.41) is 8.85. The van der Waals surface area contributed by atoms with E-state index in [1.165, 1.54) is 4.90 Å². The third kappa shape index (κ3) is 2.46. The van der Waals surface area contributed by atoms with Crippen molar-refractivity contribution in [3.05, 3.63) is 0 Å². The van der Waals surface area contributed by atoms with Gasteiger partial charge in [-0.3, -0.25) is 4.79 Å². The number of amides is 1. The Morgan fingerprint density at radius 2 is 2.12 bits per heavy atom. The zero-order chi connectivity index (χ0) is 12.3. The van der Waals surface area contributed by atoms with E-state index in [2.05, 4.69) is 0 Å². The molecule has 0 aromatic rings. The van der Waals surface area contributed by atoms with Crippen LogP contribution in [0.25, 0.3) is 0 Å². The fraction of sp³-hybridized carbons (Fsp3) is 0.818. The molecule has 92 valence electrons. The molecule has 0 spiro atoms. The minimum Gasteiger partial charge on any atom is -0.466 e. The number of carboxylic acid groups (broad SMARTS) is 1. The lowest BCUT2D eigenvalue weighted by molar-refractivity contribution is -0.156. The molecule has 1 heterocycles. The van der Waals surface area contributed by atoms with Crippen LogP contribution in [0, 0.1) is 11.3 Å². The Labute approximate surface area is 95.4 Å². The molecule has 1 unspecified atom stereocenters. The summed E-state index contributed by atoms with van der Waals surface area (Å²) in [7, 11) is 0. The second-order valence-electron chi connectivity index (χ2n) is 4.66. The highest BCUT2D eigenvalue weighted by Crippen LogP contribution is 2.35. The predicted octanol–water partition coefficient (Wildman–Crippen LogP) is 1.58. The highest BCUT2D eigenvalue weighted by atomic mass is 16.5. The van der Waals surface area contributed by atoms with E-state index in [0.717, 1.165) is 6.42 Å². The number of ether oxygens (including phenoxy) is 1. The van der Waals surface area contributed by atoms with Crippen molar-refractivity contribution in [2.24, 2.45) is 11.3 Å². The maximum absolute atomic E-state index is 11.7. The highest BCUT2D eigenvalue weighted by Gasteiger charge is 2.42. The van der Waals surface area contributed by atoms with Crippen molar-refractivity contribution in [3.8, 4) is 0 Å². The number of esters is 1. The zero-order valence-electron chi connectivity index (χ0n) is 10.0. The summed E-state index contributed by atoms with van der Waals surface area (Å²) in [6.07, 6.45) is -0.194. The maximum Gasteiger partial charge on any atom is 0.407 e. The average Bonchev–Trinajstić information content (AvgIpc) is 2.67. The van der Waals surface area contributed by atoms with Gasteiger partial charge in [-0.15, -0.1) is 0 Å². The Balaban J connectivity index is 2.64. The van der Waals surface area contributed by atoms with Crippen molar-refractivity contribution in [3.63, 3.8) is 0 Å². The fourth-order valence-corrected chi connectivity index (χ4v) is 2.01. The Morgan fingerprint density at radius 3 is 2.56 bits per heavy atom. The molecule has 1 fully saturated rings. The van der Waals surface area contributed by atoms with Crippen molar-refractivity contribution in [2.75, 3.05) is 19.7 Å². The predicted molar refractivity (Wildman–Crippen MR) is 58.1 cm³/mol. The van der Waals surface area contributed by atoms with Gasteiger partial charge in [0.05, 0.1) is 12.0 Å². The van der Waals surface area contributed by atoms with Crippen molar-refractivity contribution < 1.29 is 19.4 Å². The molecular formula is C11H19NO4. The molecule has 0 saturated carbocycles. The third-order valence-electron chi connectivity index (χ3n) is 3.28. The van der Waals surface area contributed by atoms with Gasteiger partial charge in [0.25, 0.3) is 0 Å². The van der Waals surface area contributed by atoms with Crippen LogP contribution in [-0.4, -0.2) is 41.8 Å². The van der Waals surface area contributed by atoms with Gasteiger partial charge < -0.3 is 14.7 Å². The van der Waals surface area contributed by atoms with Gasteiger partial charge in [0.1, 0.15) is 0 Å². The standard InChI is InChI=1S/C11H19NO4/c1-4-16-9(13)11(2,3)8-5-6-12(7-8)10(14)15/h8H,4-7H2,1-3H3,(H,14,15). The molecule has 1 rings (SSSR count). The lowest BCUT2D eigenvalue weighted by Gasteiger charge is -2.28. The molecule has 16 heavy (non-hydrogen) atoms. The molecule has 1 aliphatic rings. The van der Waals surface area contributed by atoms with E-state index in [-0.39, 0.29) is 11.9 Å². The number of rotatable bonds is 3. The van der Waals surface area contributed by atoms with Gasteiger partial charge in [-0.05, 0) is 33.1 Å². The number of likely N-dealkylation sites (tertiary alicyclic amines) is 1. The number of nitrogens with zero attached hydrogens (tertiary/aromatic N) is 1. The van der Waals surface area contributed by atoms with Crippen molar-refractivity contribution in [2.45, 2.75) is 27.2 Å². The van der Waals surface area contributed by atoms with Crippen molar-refractivity contribution in [1.29, 1.82) is 0 Å². The zero-order valence-corrected chi connectivity index (χ0v) is 10.0. The van der Waals surface area contributed by atoms with Crippen LogP contribution in [0.1, 0.15) is 27.2 Å². The molecule has 0 radical (unpaired) electrons. The summed E-state index contributed by atoms with van der Waals surface area (Å²) in [4.78, 5) is 23.9. The molecule has 1 amide bonds. The second-order valence-corrected chi connectivity index (χ2v) is 4.66. The molecule has 1 atom stereocenters. The van der Waals surface area contributed by atoms with Crippen LogP contribution in [0.3, 0.4) is 0 Å². The second kappa shape index (κ2) is 4.72. The molecule has 0 aromatic heterocycles. The number of carbonyl (C=O) groups is 2. The molecule has 5 heteroatoms. The van der Waals surface area contributed by atoms with E-state index in [4.69, 9.17) is 9.84 Å². The monoisotopic (exact) mass is 229 g/mol. The van der Waals surface area contributed by atoms with Gasteiger partial charge in [-0.25, -0.2) is 4.79 Å². The van der Waals surface area contributed by atoms with E-state index in [1.807, 2.05) is 13.8 Å². The van der Waals surface area contributed by atoms with Gasteiger partial charge >= 0.3 is 12.1 Å². The first-order valence-electron chi connectivity index (χ1n) is 5.54. The quantitative estimate of drug-likeness (QED) is 0.746. The van der Waals surface area contributed by atoms with Crippen molar-refractivity contribution in [1.82, 2.24) is 4.90 Å². The summed E-state index contributed by atoms with van der Waals surface area (Å²) in [6.45, 7) is 6.69. The molecule has 1 saturated heterocycles. The van der Waals surface area contributed by atoms with Crippen LogP contribution in [0.2, 0.25) is 0 Å². The van der Waals surface area contributed by atoms with Crippen LogP contribution < -0.4 is 0 Å². The Hall–Kier alpha value is -1.26. The summed E-state index contributed by atoms with van der Waals surface area (Å²) in [6, 6.07) is 0.